The average molecular weight is 393 g/mol. The molecule has 2 atom stereocenters. The Hall–Kier alpha value is -2.53. The molecule has 27 heavy (non-hydrogen) atoms. The highest BCUT2D eigenvalue weighted by molar-refractivity contribution is 5.77. The van der Waals surface area contributed by atoms with E-state index >= 15 is 0 Å². The lowest BCUT2D eigenvalue weighted by molar-refractivity contribution is -0.271. The monoisotopic (exact) mass is 393 g/mol. The highest BCUT2D eigenvalue weighted by atomic mass is 19.4. The van der Waals surface area contributed by atoms with E-state index in [-0.39, 0.29) is 5.56 Å². The third-order valence-electron chi connectivity index (χ3n) is 3.90. The maximum atomic E-state index is 13.3. The zero-order valence-corrected chi connectivity index (χ0v) is 14.0. The predicted octanol–water partition coefficient (Wildman–Crippen LogP) is 1.69. The van der Waals surface area contributed by atoms with Gasteiger partial charge in [-0.15, -0.1) is 0 Å². The van der Waals surface area contributed by atoms with Crippen LogP contribution in [0.25, 0.3) is 0 Å². The number of amides is 1. The molecule has 0 fully saturated rings. The lowest BCUT2D eigenvalue weighted by atomic mass is 9.97. The molecule has 2 aromatic rings. The standard InChI is InChI=1S/C16H16F5N3O3/c1-24-5-4-22-14(24)15(27,16(19,20)21)7-13(26)23-8-12(25)9-2-3-10(17)11(18)6-9/h2-6,12,25,27H,7-8H2,1H3,(H,23,26). The van der Waals surface area contributed by atoms with Gasteiger partial charge in [0.1, 0.15) is 0 Å². The molecule has 0 radical (unpaired) electrons. The minimum absolute atomic E-state index is 0.0793. The summed E-state index contributed by atoms with van der Waals surface area (Å²) in [5, 5.41) is 22.0. The summed E-state index contributed by atoms with van der Waals surface area (Å²) in [5.74, 6) is -4.36. The van der Waals surface area contributed by atoms with Crippen LogP contribution in [-0.4, -0.2) is 38.4 Å². The van der Waals surface area contributed by atoms with Crippen molar-refractivity contribution in [3.8, 4) is 0 Å². The van der Waals surface area contributed by atoms with Gasteiger partial charge < -0.3 is 20.1 Å². The van der Waals surface area contributed by atoms with Crippen LogP contribution in [-0.2, 0) is 17.4 Å². The second-order valence-electron chi connectivity index (χ2n) is 5.89. The van der Waals surface area contributed by atoms with Gasteiger partial charge >= 0.3 is 6.18 Å². The average Bonchev–Trinajstić information content (AvgIpc) is 3.00. The van der Waals surface area contributed by atoms with Gasteiger partial charge in [0, 0.05) is 26.0 Å². The molecule has 6 nitrogen and oxygen atoms in total. The van der Waals surface area contributed by atoms with Gasteiger partial charge in [0.15, 0.2) is 17.5 Å². The Morgan fingerprint density at radius 2 is 1.96 bits per heavy atom. The number of aliphatic hydroxyl groups excluding tert-OH is 1. The Balaban J connectivity index is 2.08. The first-order chi connectivity index (χ1) is 12.5. The van der Waals surface area contributed by atoms with Gasteiger partial charge in [0.25, 0.3) is 0 Å². The van der Waals surface area contributed by atoms with Gasteiger partial charge in [-0.05, 0) is 17.7 Å². The number of carbonyl (C=O) groups is 1. The zero-order chi connectivity index (χ0) is 20.4. The van der Waals surface area contributed by atoms with Crippen LogP contribution in [0.15, 0.2) is 30.6 Å². The number of halogens is 5. The molecule has 1 aromatic carbocycles. The van der Waals surface area contributed by atoms with Crippen LogP contribution in [0, 0.1) is 11.6 Å². The van der Waals surface area contributed by atoms with Gasteiger partial charge in [0.2, 0.25) is 11.5 Å². The fraction of sp³-hybridized carbons (Fsp3) is 0.375. The Morgan fingerprint density at radius 3 is 2.48 bits per heavy atom. The van der Waals surface area contributed by atoms with Crippen molar-refractivity contribution in [1.82, 2.24) is 14.9 Å². The maximum absolute atomic E-state index is 13.3. The van der Waals surface area contributed by atoms with E-state index in [0.717, 1.165) is 22.9 Å². The number of imidazole rings is 1. The normalized spacial score (nSPS) is 15.3. The van der Waals surface area contributed by atoms with Crippen LogP contribution in [0.5, 0.6) is 0 Å². The number of aliphatic hydroxyl groups is 2. The van der Waals surface area contributed by atoms with E-state index in [4.69, 9.17) is 0 Å². The SMILES string of the molecule is Cn1ccnc1C(O)(CC(=O)NCC(O)c1ccc(F)c(F)c1)C(F)(F)F. The lowest BCUT2D eigenvalue weighted by Crippen LogP contribution is -2.48. The second kappa shape index (κ2) is 7.61. The van der Waals surface area contributed by atoms with E-state index in [9.17, 15) is 37.0 Å². The summed E-state index contributed by atoms with van der Waals surface area (Å²) >= 11 is 0. The molecule has 3 N–H and O–H groups in total. The van der Waals surface area contributed by atoms with E-state index in [1.807, 2.05) is 5.32 Å². The summed E-state index contributed by atoms with van der Waals surface area (Å²) in [6.07, 6.45) is -5.86. The van der Waals surface area contributed by atoms with E-state index in [1.54, 1.807) is 0 Å². The second-order valence-corrected chi connectivity index (χ2v) is 5.89. The molecule has 0 aliphatic carbocycles. The minimum atomic E-state index is -5.19. The van der Waals surface area contributed by atoms with Gasteiger partial charge in [-0.1, -0.05) is 6.07 Å². The van der Waals surface area contributed by atoms with E-state index in [1.165, 1.54) is 13.2 Å². The summed E-state index contributed by atoms with van der Waals surface area (Å²) < 4.78 is 67.0. The van der Waals surface area contributed by atoms with Crippen molar-refractivity contribution in [2.75, 3.05) is 6.54 Å². The van der Waals surface area contributed by atoms with Crippen molar-refractivity contribution in [3.05, 3.63) is 53.6 Å². The van der Waals surface area contributed by atoms with Crippen LogP contribution in [0.4, 0.5) is 22.0 Å². The predicted molar refractivity (Wildman–Crippen MR) is 82.1 cm³/mol. The molecule has 1 aromatic heterocycles. The van der Waals surface area contributed by atoms with Crippen molar-refractivity contribution in [3.63, 3.8) is 0 Å². The Labute approximate surface area is 150 Å². The Bertz CT molecular complexity index is 824. The quantitative estimate of drug-likeness (QED) is 0.652. The molecule has 148 valence electrons. The number of benzene rings is 1. The van der Waals surface area contributed by atoms with E-state index in [2.05, 4.69) is 4.98 Å². The molecule has 0 spiro atoms. The fourth-order valence-corrected chi connectivity index (χ4v) is 2.41. The number of aryl methyl sites for hydroxylation is 1. The van der Waals surface area contributed by atoms with E-state index in [0.29, 0.717) is 6.07 Å². The van der Waals surface area contributed by atoms with Gasteiger partial charge in [-0.2, -0.15) is 13.2 Å². The van der Waals surface area contributed by atoms with Crippen molar-refractivity contribution < 1.29 is 37.0 Å². The first-order valence-electron chi connectivity index (χ1n) is 7.62. The van der Waals surface area contributed by atoms with E-state index < -0.39 is 54.2 Å². The van der Waals surface area contributed by atoms with Crippen LogP contribution >= 0.6 is 0 Å². The minimum Gasteiger partial charge on any atom is -0.387 e. The van der Waals surface area contributed by atoms with Gasteiger partial charge in [-0.3, -0.25) is 4.79 Å². The van der Waals surface area contributed by atoms with Crippen molar-refractivity contribution in [1.29, 1.82) is 0 Å². The molecule has 0 aliphatic rings. The third-order valence-corrected chi connectivity index (χ3v) is 3.90. The van der Waals surface area contributed by atoms with Crippen molar-refractivity contribution in [2.24, 2.45) is 7.05 Å². The first-order valence-corrected chi connectivity index (χ1v) is 7.62. The molecule has 0 saturated carbocycles. The highest BCUT2D eigenvalue weighted by Gasteiger charge is 2.58. The largest absolute Gasteiger partial charge is 0.425 e. The molecule has 11 heteroatoms. The molecule has 0 saturated heterocycles. The molecular weight excluding hydrogens is 377 g/mol. The summed E-state index contributed by atoms with van der Waals surface area (Å²) in [7, 11) is 1.23. The zero-order valence-electron chi connectivity index (χ0n) is 14.0. The summed E-state index contributed by atoms with van der Waals surface area (Å²) in [6.45, 7) is -0.571. The number of carbonyl (C=O) groups excluding carboxylic acids is 1. The maximum Gasteiger partial charge on any atom is 0.425 e. The van der Waals surface area contributed by atoms with Crippen LogP contribution in [0.3, 0.4) is 0 Å². The number of hydrogen-bond donors (Lipinski definition) is 3. The van der Waals surface area contributed by atoms with Gasteiger partial charge in [0.05, 0.1) is 12.5 Å². The van der Waals surface area contributed by atoms with Crippen LogP contribution < -0.4 is 5.32 Å². The van der Waals surface area contributed by atoms with Gasteiger partial charge in [-0.25, -0.2) is 13.8 Å². The van der Waals surface area contributed by atoms with Crippen LogP contribution in [0.2, 0.25) is 0 Å². The van der Waals surface area contributed by atoms with Crippen molar-refractivity contribution in [2.45, 2.75) is 24.3 Å². The number of nitrogens with zero attached hydrogens (tertiary/aromatic N) is 2. The Kier molecular flexibility index (Phi) is 5.85. The fourth-order valence-electron chi connectivity index (χ4n) is 2.41. The summed E-state index contributed by atoms with van der Waals surface area (Å²) in [6, 6.07) is 2.53. The molecular formula is C16H16F5N3O3. The first kappa shape index (κ1) is 20.8. The third kappa shape index (κ3) is 4.42. The number of nitrogens with one attached hydrogen (secondary N) is 1. The highest BCUT2D eigenvalue weighted by Crippen LogP contribution is 2.40. The van der Waals surface area contributed by atoms with Crippen molar-refractivity contribution >= 4 is 5.91 Å². The molecule has 2 rings (SSSR count). The summed E-state index contributed by atoms with van der Waals surface area (Å²) in [5.41, 5.74) is -3.62. The molecule has 0 aliphatic heterocycles. The molecule has 1 heterocycles. The number of rotatable bonds is 6. The molecule has 0 bridgehead atoms. The molecule has 2 unspecified atom stereocenters. The Morgan fingerprint density at radius 1 is 1.30 bits per heavy atom. The van der Waals surface area contributed by atoms with Crippen LogP contribution in [0.1, 0.15) is 23.9 Å². The topological polar surface area (TPSA) is 87.4 Å². The number of aromatic nitrogens is 2. The number of alkyl halides is 3. The summed E-state index contributed by atoms with van der Waals surface area (Å²) in [4.78, 5) is 15.4. The number of hydrogen-bond acceptors (Lipinski definition) is 4. The molecule has 1 amide bonds. The smallest absolute Gasteiger partial charge is 0.387 e. The lowest BCUT2D eigenvalue weighted by Gasteiger charge is -2.29.